The summed E-state index contributed by atoms with van der Waals surface area (Å²) in [5, 5.41) is 2.49. The Labute approximate surface area is 158 Å². The Morgan fingerprint density at radius 2 is 1.85 bits per heavy atom. The molecule has 1 amide bonds. The second-order valence-corrected chi connectivity index (χ2v) is 8.26. The third-order valence-electron chi connectivity index (χ3n) is 4.47. The number of sulfonamides is 1. The number of para-hydroxylation sites is 1. The van der Waals surface area contributed by atoms with Crippen LogP contribution < -0.4 is 10.1 Å². The molecule has 1 saturated heterocycles. The van der Waals surface area contributed by atoms with Gasteiger partial charge < -0.3 is 10.1 Å². The largest absolute Gasteiger partial charge is 0.489 e. The number of nitrogens with one attached hydrogen (secondary N) is 1. The normalized spacial score (nSPS) is 20.4. The van der Waals surface area contributed by atoms with Gasteiger partial charge in [-0.25, -0.2) is 12.8 Å². The Balaban J connectivity index is 1.82. The second kappa shape index (κ2) is 8.06. The van der Waals surface area contributed by atoms with Crippen LogP contribution in [-0.2, 0) is 20.6 Å². The van der Waals surface area contributed by atoms with Crippen molar-refractivity contribution in [2.45, 2.75) is 24.3 Å². The molecule has 27 heavy (non-hydrogen) atoms. The number of halogens is 1. The molecule has 1 fully saturated rings. The van der Waals surface area contributed by atoms with Crippen molar-refractivity contribution in [2.75, 3.05) is 13.6 Å². The van der Waals surface area contributed by atoms with Crippen LogP contribution >= 0.6 is 0 Å². The zero-order valence-corrected chi connectivity index (χ0v) is 15.7. The summed E-state index contributed by atoms with van der Waals surface area (Å²) in [4.78, 5) is 12.2. The number of amides is 1. The van der Waals surface area contributed by atoms with Crippen LogP contribution in [0.15, 0.2) is 54.6 Å². The van der Waals surface area contributed by atoms with E-state index in [1.54, 1.807) is 18.2 Å². The summed E-state index contributed by atoms with van der Waals surface area (Å²) in [5.41, 5.74) is 0.0700. The summed E-state index contributed by atoms with van der Waals surface area (Å²) >= 11 is 0. The number of benzene rings is 2. The lowest BCUT2D eigenvalue weighted by molar-refractivity contribution is -0.123. The van der Waals surface area contributed by atoms with Gasteiger partial charge >= 0.3 is 0 Å². The molecule has 0 bridgehead atoms. The molecule has 0 spiro atoms. The predicted molar refractivity (Wildman–Crippen MR) is 99.1 cm³/mol. The molecule has 0 saturated carbocycles. The predicted octanol–water partition coefficient (Wildman–Crippen LogP) is 1.92. The van der Waals surface area contributed by atoms with Crippen LogP contribution in [0, 0.1) is 5.82 Å². The third-order valence-corrected chi connectivity index (χ3v) is 6.26. The lowest BCUT2D eigenvalue weighted by Crippen LogP contribution is -2.45. The first-order valence-corrected chi connectivity index (χ1v) is 10.2. The summed E-state index contributed by atoms with van der Waals surface area (Å²) in [5.74, 6) is -0.905. The number of carbonyl (C=O) groups excluding carboxylic acids is 1. The summed E-state index contributed by atoms with van der Waals surface area (Å²) in [6.45, 7) is 0.0315. The van der Waals surface area contributed by atoms with Gasteiger partial charge in [0, 0.05) is 19.0 Å². The third kappa shape index (κ3) is 4.45. The van der Waals surface area contributed by atoms with Crippen LogP contribution in [0.2, 0.25) is 0 Å². The highest BCUT2D eigenvalue weighted by atomic mass is 32.2. The summed E-state index contributed by atoms with van der Waals surface area (Å²) in [6.07, 6.45) is -0.240. The van der Waals surface area contributed by atoms with Gasteiger partial charge in [-0.3, -0.25) is 4.79 Å². The number of nitrogens with zero attached hydrogens (tertiary/aromatic N) is 1. The Kier molecular flexibility index (Phi) is 5.76. The minimum Gasteiger partial charge on any atom is -0.489 e. The SMILES string of the molecule is CNC(=O)[C@@H]1C[C@H](Oc2ccccc2)CN1S(=O)(=O)Cc1ccccc1F. The van der Waals surface area contributed by atoms with Gasteiger partial charge in [-0.15, -0.1) is 0 Å². The van der Waals surface area contributed by atoms with E-state index in [0.717, 1.165) is 4.31 Å². The van der Waals surface area contributed by atoms with Gasteiger partial charge in [-0.1, -0.05) is 36.4 Å². The van der Waals surface area contributed by atoms with E-state index in [2.05, 4.69) is 5.32 Å². The highest BCUT2D eigenvalue weighted by molar-refractivity contribution is 7.88. The zero-order chi connectivity index (χ0) is 19.4. The number of ether oxygens (including phenoxy) is 1. The van der Waals surface area contributed by atoms with Crippen molar-refractivity contribution in [1.29, 1.82) is 0 Å². The molecule has 0 radical (unpaired) electrons. The minimum absolute atomic E-state index is 0.0315. The maximum absolute atomic E-state index is 13.9. The van der Waals surface area contributed by atoms with Crippen LogP contribution in [0.3, 0.4) is 0 Å². The fourth-order valence-corrected chi connectivity index (χ4v) is 4.91. The van der Waals surface area contributed by atoms with Gasteiger partial charge in [0.1, 0.15) is 23.7 Å². The van der Waals surface area contributed by atoms with Gasteiger partial charge in [0.05, 0.1) is 12.3 Å². The molecule has 8 heteroatoms. The first-order valence-electron chi connectivity index (χ1n) is 8.57. The summed E-state index contributed by atoms with van der Waals surface area (Å²) in [7, 11) is -2.46. The van der Waals surface area contributed by atoms with Gasteiger partial charge in [-0.2, -0.15) is 4.31 Å². The molecule has 2 aromatic carbocycles. The van der Waals surface area contributed by atoms with Gasteiger partial charge in [0.25, 0.3) is 0 Å². The van der Waals surface area contributed by atoms with E-state index in [-0.39, 0.29) is 18.5 Å². The van der Waals surface area contributed by atoms with Crippen LogP contribution in [-0.4, -0.2) is 44.4 Å². The molecular formula is C19H21FN2O4S. The van der Waals surface area contributed by atoms with E-state index >= 15 is 0 Å². The van der Waals surface area contributed by atoms with Crippen LogP contribution in [0.25, 0.3) is 0 Å². The molecule has 144 valence electrons. The Morgan fingerprint density at radius 3 is 2.52 bits per heavy atom. The maximum atomic E-state index is 13.9. The highest BCUT2D eigenvalue weighted by Crippen LogP contribution is 2.27. The van der Waals surface area contributed by atoms with Gasteiger partial charge in [-0.05, 0) is 18.2 Å². The summed E-state index contributed by atoms with van der Waals surface area (Å²) in [6, 6.07) is 13.8. The Morgan fingerprint density at radius 1 is 1.19 bits per heavy atom. The van der Waals surface area contributed by atoms with Crippen molar-refractivity contribution >= 4 is 15.9 Å². The molecule has 0 aliphatic carbocycles. The molecule has 1 aliphatic rings. The smallest absolute Gasteiger partial charge is 0.238 e. The van der Waals surface area contributed by atoms with Crippen molar-refractivity contribution in [1.82, 2.24) is 9.62 Å². The Bertz CT molecular complexity index is 905. The highest BCUT2D eigenvalue weighted by Gasteiger charge is 2.44. The first kappa shape index (κ1) is 19.3. The molecule has 0 aromatic heterocycles. The number of carbonyl (C=O) groups is 1. The number of hydrogen-bond donors (Lipinski definition) is 1. The molecule has 1 N–H and O–H groups in total. The van der Waals surface area contributed by atoms with E-state index in [0.29, 0.717) is 5.75 Å². The second-order valence-electron chi connectivity index (χ2n) is 6.34. The van der Waals surface area contributed by atoms with Crippen molar-refractivity contribution in [2.24, 2.45) is 0 Å². The van der Waals surface area contributed by atoms with Crippen molar-refractivity contribution in [3.63, 3.8) is 0 Å². The minimum atomic E-state index is -3.91. The van der Waals surface area contributed by atoms with Crippen LogP contribution in [0.5, 0.6) is 5.75 Å². The summed E-state index contributed by atoms with van der Waals surface area (Å²) < 4.78 is 46.7. The van der Waals surface area contributed by atoms with E-state index in [1.807, 2.05) is 18.2 Å². The molecule has 0 unspecified atom stereocenters. The number of hydrogen-bond acceptors (Lipinski definition) is 4. The van der Waals surface area contributed by atoms with E-state index in [4.69, 9.17) is 4.74 Å². The van der Waals surface area contributed by atoms with Crippen LogP contribution in [0.4, 0.5) is 4.39 Å². The standard InChI is InChI=1S/C19H21FN2O4S/c1-21-19(23)18-11-16(26-15-8-3-2-4-9-15)12-22(18)27(24,25)13-14-7-5-6-10-17(14)20/h2-10,16,18H,11-13H2,1H3,(H,21,23)/t16-,18-/m0/s1. The molecule has 3 rings (SSSR count). The quantitative estimate of drug-likeness (QED) is 0.815. The van der Waals surface area contributed by atoms with Gasteiger partial charge in [0.15, 0.2) is 0 Å². The molecule has 1 heterocycles. The first-order chi connectivity index (χ1) is 12.9. The average Bonchev–Trinajstić information content (AvgIpc) is 3.08. The Hall–Kier alpha value is -2.45. The molecule has 6 nitrogen and oxygen atoms in total. The molecule has 1 aliphatic heterocycles. The fourth-order valence-electron chi connectivity index (χ4n) is 3.15. The van der Waals surface area contributed by atoms with Crippen LogP contribution in [0.1, 0.15) is 12.0 Å². The van der Waals surface area contributed by atoms with Crippen molar-refractivity contribution in [3.8, 4) is 5.75 Å². The van der Waals surface area contributed by atoms with E-state index in [1.165, 1.54) is 25.2 Å². The topological polar surface area (TPSA) is 75.7 Å². The maximum Gasteiger partial charge on any atom is 0.238 e. The van der Waals surface area contributed by atoms with E-state index in [9.17, 15) is 17.6 Å². The van der Waals surface area contributed by atoms with Crippen molar-refractivity contribution < 1.29 is 22.3 Å². The molecular weight excluding hydrogens is 371 g/mol. The number of likely N-dealkylation sites (N-methyl/N-ethyl adjacent to an activating group) is 1. The van der Waals surface area contributed by atoms with Crippen molar-refractivity contribution in [3.05, 3.63) is 66.0 Å². The lowest BCUT2D eigenvalue weighted by atomic mass is 10.2. The monoisotopic (exact) mass is 392 g/mol. The lowest BCUT2D eigenvalue weighted by Gasteiger charge is -2.22. The molecule has 2 aromatic rings. The number of rotatable bonds is 6. The zero-order valence-electron chi connectivity index (χ0n) is 14.8. The van der Waals surface area contributed by atoms with Gasteiger partial charge in [0.2, 0.25) is 15.9 Å². The average molecular weight is 392 g/mol. The fraction of sp³-hybridized carbons (Fsp3) is 0.316. The molecule has 2 atom stereocenters. The van der Waals surface area contributed by atoms with E-state index < -0.39 is 39.6 Å².